The standard InChI is InChI=1S/C44H26O4/c1-3-11-31(12-4-1)45-33-21-29-9-7-15-39-43(29)37(25-33)35-19-17-27(23-41(35)47-39)28-18-20-36-38-26-34(46-32-13-5-2-6-14-32)22-30-10-8-16-40(44(30)38)48-42(36)24-28/h1-26H. The summed E-state index contributed by atoms with van der Waals surface area (Å²) in [6, 6.07) is 53.3. The minimum Gasteiger partial charge on any atom is -0.457 e. The van der Waals surface area contributed by atoms with Gasteiger partial charge in [0.05, 0.1) is 0 Å². The third kappa shape index (κ3) is 4.38. The topological polar surface area (TPSA) is 36.9 Å². The van der Waals surface area contributed by atoms with Crippen LogP contribution in [0.2, 0.25) is 0 Å². The molecule has 0 atom stereocenters. The molecule has 0 aliphatic carbocycles. The van der Waals surface area contributed by atoms with Gasteiger partial charge in [0, 0.05) is 33.0 Å². The van der Waals surface area contributed by atoms with Crippen LogP contribution in [0.15, 0.2) is 158 Å². The first-order valence-corrected chi connectivity index (χ1v) is 16.0. The van der Waals surface area contributed by atoms with Gasteiger partial charge in [-0.2, -0.15) is 0 Å². The Morgan fingerprint density at radius 2 is 0.771 bits per heavy atom. The van der Waals surface area contributed by atoms with E-state index >= 15 is 0 Å². The normalized spacial score (nSPS) is 12.1. The Balaban J connectivity index is 1.04. The van der Waals surface area contributed by atoms with Crippen LogP contribution >= 0.6 is 0 Å². The van der Waals surface area contributed by atoms with Gasteiger partial charge in [-0.25, -0.2) is 0 Å². The number of benzene rings is 8. The number of ether oxygens (including phenoxy) is 4. The van der Waals surface area contributed by atoms with Crippen LogP contribution < -0.4 is 18.9 Å². The average molecular weight is 619 g/mol. The molecule has 4 nitrogen and oxygen atoms in total. The van der Waals surface area contributed by atoms with Crippen LogP contribution in [0.3, 0.4) is 0 Å². The highest BCUT2D eigenvalue weighted by atomic mass is 16.5. The second-order valence-electron chi connectivity index (χ2n) is 12.1. The number of fused-ring (bicyclic) bond motifs is 4. The summed E-state index contributed by atoms with van der Waals surface area (Å²) >= 11 is 0. The third-order valence-electron chi connectivity index (χ3n) is 9.10. The van der Waals surface area contributed by atoms with Crippen LogP contribution in [0.1, 0.15) is 0 Å². The van der Waals surface area contributed by atoms with Gasteiger partial charge < -0.3 is 18.9 Å². The SMILES string of the molecule is c1ccc(Oc2cc3c4c(cccc4c2)Oc2cc(-c4ccc5c(c4)Oc4cccc6cc(Oc7ccccc7)cc-5c46)ccc2-3)cc1. The van der Waals surface area contributed by atoms with Crippen molar-refractivity contribution in [2.75, 3.05) is 0 Å². The van der Waals surface area contributed by atoms with Crippen LogP contribution in [0.5, 0.6) is 46.0 Å². The largest absolute Gasteiger partial charge is 0.457 e. The molecule has 226 valence electrons. The van der Waals surface area contributed by atoms with Gasteiger partial charge in [-0.05, 0) is 107 Å². The number of hydrogen-bond donors (Lipinski definition) is 0. The summed E-state index contributed by atoms with van der Waals surface area (Å²) in [5.74, 6) is 6.47. The maximum absolute atomic E-state index is 6.54. The smallest absolute Gasteiger partial charge is 0.135 e. The van der Waals surface area contributed by atoms with E-state index in [-0.39, 0.29) is 0 Å². The predicted molar refractivity (Wildman–Crippen MR) is 191 cm³/mol. The summed E-state index contributed by atoms with van der Waals surface area (Å²) in [6.45, 7) is 0. The molecule has 2 aliphatic rings. The van der Waals surface area contributed by atoms with Gasteiger partial charge in [0.15, 0.2) is 0 Å². The van der Waals surface area contributed by atoms with Crippen molar-refractivity contribution in [2.24, 2.45) is 0 Å². The summed E-state index contributed by atoms with van der Waals surface area (Å²) in [5, 5.41) is 4.32. The van der Waals surface area contributed by atoms with E-state index in [0.717, 1.165) is 101 Å². The molecule has 2 aliphatic heterocycles. The van der Waals surface area contributed by atoms with Crippen LogP contribution in [0, 0.1) is 0 Å². The highest BCUT2D eigenvalue weighted by molar-refractivity contribution is 6.06. The van der Waals surface area contributed by atoms with E-state index in [2.05, 4.69) is 72.8 Å². The molecule has 8 aromatic carbocycles. The number of hydrogen-bond acceptors (Lipinski definition) is 4. The fraction of sp³-hybridized carbons (Fsp3) is 0. The van der Waals surface area contributed by atoms with Gasteiger partial charge >= 0.3 is 0 Å². The Labute approximate surface area is 277 Å². The van der Waals surface area contributed by atoms with Crippen LogP contribution in [0.25, 0.3) is 54.9 Å². The highest BCUT2D eigenvalue weighted by Crippen LogP contribution is 2.51. The number of rotatable bonds is 5. The lowest BCUT2D eigenvalue weighted by atomic mass is 9.91. The Kier molecular flexibility index (Phi) is 5.84. The molecule has 0 bridgehead atoms. The van der Waals surface area contributed by atoms with E-state index in [1.165, 1.54) is 0 Å². The van der Waals surface area contributed by atoms with Crippen LogP contribution in [0.4, 0.5) is 0 Å². The Morgan fingerprint density at radius 1 is 0.312 bits per heavy atom. The second kappa shape index (κ2) is 10.5. The summed E-state index contributed by atoms with van der Waals surface area (Å²) < 4.78 is 25.6. The van der Waals surface area contributed by atoms with Crippen molar-refractivity contribution in [1.29, 1.82) is 0 Å². The zero-order valence-corrected chi connectivity index (χ0v) is 25.6. The lowest BCUT2D eigenvalue weighted by Gasteiger charge is -2.24. The lowest BCUT2D eigenvalue weighted by molar-refractivity contribution is 0.479. The minimum absolute atomic E-state index is 0.789. The van der Waals surface area contributed by atoms with Gasteiger partial charge in [-0.3, -0.25) is 0 Å². The first-order valence-electron chi connectivity index (χ1n) is 16.0. The Bertz CT molecular complexity index is 2380. The molecule has 0 saturated carbocycles. The molecular weight excluding hydrogens is 592 g/mol. The van der Waals surface area contributed by atoms with E-state index in [1.807, 2.05) is 84.9 Å². The van der Waals surface area contributed by atoms with E-state index in [9.17, 15) is 0 Å². The third-order valence-corrected chi connectivity index (χ3v) is 9.10. The molecule has 10 rings (SSSR count). The van der Waals surface area contributed by atoms with E-state index in [4.69, 9.17) is 18.9 Å². The lowest BCUT2D eigenvalue weighted by Crippen LogP contribution is -1.99. The van der Waals surface area contributed by atoms with Gasteiger partial charge in [-0.1, -0.05) is 72.8 Å². The second-order valence-corrected chi connectivity index (χ2v) is 12.1. The zero-order chi connectivity index (χ0) is 31.6. The fourth-order valence-electron chi connectivity index (χ4n) is 6.95. The average Bonchev–Trinajstić information content (AvgIpc) is 3.12. The highest BCUT2D eigenvalue weighted by Gasteiger charge is 2.24. The van der Waals surface area contributed by atoms with Crippen molar-refractivity contribution in [3.63, 3.8) is 0 Å². The van der Waals surface area contributed by atoms with Crippen LogP contribution in [-0.2, 0) is 0 Å². The molecule has 4 heteroatoms. The fourth-order valence-corrected chi connectivity index (χ4v) is 6.95. The number of para-hydroxylation sites is 2. The van der Waals surface area contributed by atoms with Crippen molar-refractivity contribution in [2.45, 2.75) is 0 Å². The summed E-state index contributed by atoms with van der Waals surface area (Å²) in [7, 11) is 0. The van der Waals surface area contributed by atoms with Crippen molar-refractivity contribution in [1.82, 2.24) is 0 Å². The molecule has 0 fully saturated rings. The molecule has 2 heterocycles. The van der Waals surface area contributed by atoms with Crippen molar-refractivity contribution >= 4 is 21.5 Å². The Morgan fingerprint density at radius 3 is 1.23 bits per heavy atom. The molecule has 0 saturated heterocycles. The van der Waals surface area contributed by atoms with Gasteiger partial charge in [-0.15, -0.1) is 0 Å². The maximum Gasteiger partial charge on any atom is 0.135 e. The van der Waals surface area contributed by atoms with Crippen molar-refractivity contribution < 1.29 is 18.9 Å². The maximum atomic E-state index is 6.54. The van der Waals surface area contributed by atoms with Gasteiger partial charge in [0.1, 0.15) is 46.0 Å². The monoisotopic (exact) mass is 618 g/mol. The van der Waals surface area contributed by atoms with Gasteiger partial charge in [0.25, 0.3) is 0 Å². The zero-order valence-electron chi connectivity index (χ0n) is 25.6. The molecule has 0 radical (unpaired) electrons. The molecule has 0 spiro atoms. The molecule has 0 unspecified atom stereocenters. The summed E-state index contributed by atoms with van der Waals surface area (Å²) in [5.41, 5.74) is 6.32. The molecule has 0 amide bonds. The molecule has 0 N–H and O–H groups in total. The molecule has 8 aromatic rings. The van der Waals surface area contributed by atoms with Crippen molar-refractivity contribution in [3.8, 4) is 79.4 Å². The first-order chi connectivity index (χ1) is 23.7. The molecule has 48 heavy (non-hydrogen) atoms. The molecular formula is C44H26O4. The molecule has 0 aromatic heterocycles. The van der Waals surface area contributed by atoms with Crippen LogP contribution in [-0.4, -0.2) is 0 Å². The quantitative estimate of drug-likeness (QED) is 0.192. The van der Waals surface area contributed by atoms with Gasteiger partial charge in [0.2, 0.25) is 0 Å². The summed E-state index contributed by atoms with van der Waals surface area (Å²) in [6.07, 6.45) is 0. The summed E-state index contributed by atoms with van der Waals surface area (Å²) in [4.78, 5) is 0. The first kappa shape index (κ1) is 26.7. The predicted octanol–water partition coefficient (Wildman–Crippen LogP) is 12.8. The van der Waals surface area contributed by atoms with E-state index in [1.54, 1.807) is 0 Å². The van der Waals surface area contributed by atoms with E-state index < -0.39 is 0 Å². The van der Waals surface area contributed by atoms with E-state index in [0.29, 0.717) is 0 Å². The minimum atomic E-state index is 0.789. The van der Waals surface area contributed by atoms with Crippen molar-refractivity contribution in [3.05, 3.63) is 158 Å². The Hall–Kier alpha value is -6.52.